The molecule has 0 saturated heterocycles. The van der Waals surface area contributed by atoms with Crippen molar-refractivity contribution in [3.63, 3.8) is 0 Å². The van der Waals surface area contributed by atoms with Crippen molar-refractivity contribution in [1.82, 2.24) is 0 Å². The van der Waals surface area contributed by atoms with Crippen molar-refractivity contribution in [2.45, 2.75) is 11.8 Å². The fourth-order valence-corrected chi connectivity index (χ4v) is 4.89. The number of allylic oxidation sites excluding steroid dienone is 4. The highest BCUT2D eigenvalue weighted by molar-refractivity contribution is 5.94. The van der Waals surface area contributed by atoms with Gasteiger partial charge in [0.2, 0.25) is 0 Å². The first-order valence-electron chi connectivity index (χ1n) is 9.44. The van der Waals surface area contributed by atoms with E-state index >= 15 is 0 Å². The van der Waals surface area contributed by atoms with Gasteiger partial charge in [0.05, 0.1) is 5.41 Å². The minimum atomic E-state index is -0.382. The van der Waals surface area contributed by atoms with Gasteiger partial charge in [-0.05, 0) is 39.8 Å². The number of hydrogen-bond donors (Lipinski definition) is 0. The molecule has 1 atom stereocenters. The van der Waals surface area contributed by atoms with E-state index in [0.29, 0.717) is 0 Å². The highest BCUT2D eigenvalue weighted by Crippen LogP contribution is 2.57. The molecule has 3 aromatic rings. The van der Waals surface area contributed by atoms with E-state index < -0.39 is 0 Å². The molecule has 0 fully saturated rings. The zero-order chi connectivity index (χ0) is 18.3. The molecule has 2 aliphatic carbocycles. The molecule has 1 unspecified atom stereocenters. The third-order valence-corrected chi connectivity index (χ3v) is 5.94. The molecular formula is C26H20O. The van der Waals surface area contributed by atoms with Crippen LogP contribution in [-0.4, -0.2) is 6.29 Å². The van der Waals surface area contributed by atoms with E-state index in [0.717, 1.165) is 12.7 Å². The monoisotopic (exact) mass is 348 g/mol. The molecule has 1 nitrogen and oxygen atoms in total. The van der Waals surface area contributed by atoms with Crippen LogP contribution in [0.3, 0.4) is 0 Å². The molecule has 0 amide bonds. The van der Waals surface area contributed by atoms with Gasteiger partial charge in [-0.25, -0.2) is 0 Å². The molecule has 3 aromatic carbocycles. The summed E-state index contributed by atoms with van der Waals surface area (Å²) in [6.07, 6.45) is 6.29. The normalized spacial score (nSPS) is 19.5. The van der Waals surface area contributed by atoms with Crippen LogP contribution < -0.4 is 0 Å². The van der Waals surface area contributed by atoms with Gasteiger partial charge in [0, 0.05) is 5.92 Å². The van der Waals surface area contributed by atoms with Crippen LogP contribution >= 0.6 is 0 Å². The van der Waals surface area contributed by atoms with E-state index in [-0.39, 0.29) is 11.3 Å². The summed E-state index contributed by atoms with van der Waals surface area (Å²) in [6.45, 7) is 0. The number of benzene rings is 3. The van der Waals surface area contributed by atoms with Crippen LogP contribution in [0.2, 0.25) is 0 Å². The van der Waals surface area contributed by atoms with E-state index in [1.54, 1.807) is 0 Å². The summed E-state index contributed by atoms with van der Waals surface area (Å²) in [6, 6.07) is 29.9. The Hall–Kier alpha value is -3.19. The highest BCUT2D eigenvalue weighted by atomic mass is 16.1. The standard InChI is InChI=1S/C26H20O/c27-18-19-10-9-17-24-25(19)22-15-7-8-16-23(22)26(24,20-11-3-1-4-12-20)21-13-5-2-6-14-21/h1-9,11-19H,10H2. The maximum absolute atomic E-state index is 11.9. The molecule has 2 aliphatic rings. The van der Waals surface area contributed by atoms with Crippen LogP contribution in [0.1, 0.15) is 28.7 Å². The Kier molecular flexibility index (Phi) is 3.68. The predicted molar refractivity (Wildman–Crippen MR) is 109 cm³/mol. The van der Waals surface area contributed by atoms with E-state index in [1.807, 2.05) is 0 Å². The van der Waals surface area contributed by atoms with Crippen molar-refractivity contribution < 1.29 is 4.79 Å². The largest absolute Gasteiger partial charge is 0.303 e. The third kappa shape index (κ3) is 2.15. The lowest BCUT2D eigenvalue weighted by molar-refractivity contribution is -0.109. The highest BCUT2D eigenvalue weighted by Gasteiger charge is 2.48. The van der Waals surface area contributed by atoms with Crippen LogP contribution in [0.5, 0.6) is 0 Å². The van der Waals surface area contributed by atoms with Gasteiger partial charge in [-0.3, -0.25) is 0 Å². The van der Waals surface area contributed by atoms with Crippen molar-refractivity contribution in [2.75, 3.05) is 0 Å². The quantitative estimate of drug-likeness (QED) is 0.566. The molecule has 0 bridgehead atoms. The molecule has 27 heavy (non-hydrogen) atoms. The van der Waals surface area contributed by atoms with Crippen molar-refractivity contribution in [2.24, 2.45) is 5.92 Å². The molecule has 0 heterocycles. The van der Waals surface area contributed by atoms with Crippen LogP contribution in [0, 0.1) is 5.92 Å². The second-order valence-electron chi connectivity index (χ2n) is 7.24. The minimum absolute atomic E-state index is 0.0829. The van der Waals surface area contributed by atoms with Crippen molar-refractivity contribution in [3.8, 4) is 0 Å². The molecule has 1 heteroatoms. The summed E-state index contributed by atoms with van der Waals surface area (Å²) in [5, 5.41) is 0. The fraction of sp³-hybridized carbons (Fsp3) is 0.115. The molecule has 0 spiro atoms. The Bertz CT molecular complexity index is 1020. The molecule has 0 radical (unpaired) electrons. The zero-order valence-corrected chi connectivity index (χ0v) is 15.0. The summed E-state index contributed by atoms with van der Waals surface area (Å²) in [4.78, 5) is 11.9. The Balaban J connectivity index is 1.95. The number of fused-ring (bicyclic) bond motifs is 2. The van der Waals surface area contributed by atoms with Crippen molar-refractivity contribution in [1.29, 1.82) is 0 Å². The first-order chi connectivity index (χ1) is 13.4. The van der Waals surface area contributed by atoms with Gasteiger partial charge >= 0.3 is 0 Å². The van der Waals surface area contributed by atoms with E-state index in [9.17, 15) is 4.79 Å². The van der Waals surface area contributed by atoms with Gasteiger partial charge in [-0.1, -0.05) is 97.1 Å². The summed E-state index contributed by atoms with van der Waals surface area (Å²) >= 11 is 0. The lowest BCUT2D eigenvalue weighted by atomic mass is 9.66. The Morgan fingerprint density at radius 1 is 0.778 bits per heavy atom. The molecule has 0 saturated carbocycles. The maximum atomic E-state index is 11.9. The van der Waals surface area contributed by atoms with Crippen LogP contribution in [0.25, 0.3) is 5.57 Å². The van der Waals surface area contributed by atoms with E-state index in [2.05, 4.69) is 97.1 Å². The Morgan fingerprint density at radius 3 is 2.00 bits per heavy atom. The van der Waals surface area contributed by atoms with Crippen molar-refractivity contribution in [3.05, 3.63) is 125 Å². The van der Waals surface area contributed by atoms with Gasteiger partial charge in [-0.15, -0.1) is 0 Å². The maximum Gasteiger partial charge on any atom is 0.127 e. The van der Waals surface area contributed by atoms with Gasteiger partial charge in [0.15, 0.2) is 0 Å². The van der Waals surface area contributed by atoms with E-state index in [1.165, 1.54) is 33.4 Å². The number of carbonyl (C=O) groups is 1. The molecule has 130 valence electrons. The molecule has 0 aliphatic heterocycles. The van der Waals surface area contributed by atoms with Crippen molar-refractivity contribution >= 4 is 11.9 Å². The average Bonchev–Trinajstić information content (AvgIpc) is 3.06. The Labute approximate surface area is 159 Å². The zero-order valence-electron chi connectivity index (χ0n) is 15.0. The third-order valence-electron chi connectivity index (χ3n) is 5.94. The van der Waals surface area contributed by atoms with Crippen LogP contribution in [0.4, 0.5) is 0 Å². The lowest BCUT2D eigenvalue weighted by Gasteiger charge is -2.35. The minimum Gasteiger partial charge on any atom is -0.303 e. The second kappa shape index (κ2) is 6.21. The molecule has 5 rings (SSSR count). The smallest absolute Gasteiger partial charge is 0.127 e. The SMILES string of the molecule is O=CC1CC=CC2=C1c1ccccc1C2(c1ccccc1)c1ccccc1. The fourth-order valence-electron chi connectivity index (χ4n) is 4.89. The number of aldehydes is 1. The summed E-state index contributed by atoms with van der Waals surface area (Å²) < 4.78 is 0. The molecule has 0 N–H and O–H groups in total. The first-order valence-corrected chi connectivity index (χ1v) is 9.44. The topological polar surface area (TPSA) is 17.1 Å². The second-order valence-corrected chi connectivity index (χ2v) is 7.24. The lowest BCUT2D eigenvalue weighted by Crippen LogP contribution is -2.29. The Morgan fingerprint density at radius 2 is 1.37 bits per heavy atom. The number of hydrogen-bond acceptors (Lipinski definition) is 1. The first kappa shape index (κ1) is 16.0. The van der Waals surface area contributed by atoms with Gasteiger partial charge in [-0.2, -0.15) is 0 Å². The number of rotatable bonds is 3. The van der Waals surface area contributed by atoms with E-state index in [4.69, 9.17) is 0 Å². The summed E-state index contributed by atoms with van der Waals surface area (Å²) in [5.41, 5.74) is 7.01. The number of carbonyl (C=O) groups excluding carboxylic acids is 1. The van der Waals surface area contributed by atoms with Gasteiger partial charge in [0.25, 0.3) is 0 Å². The molecular weight excluding hydrogens is 328 g/mol. The molecule has 0 aromatic heterocycles. The van der Waals surface area contributed by atoms with Gasteiger partial charge < -0.3 is 4.79 Å². The average molecular weight is 348 g/mol. The van der Waals surface area contributed by atoms with Crippen LogP contribution in [-0.2, 0) is 10.2 Å². The predicted octanol–water partition coefficient (Wildman–Crippen LogP) is 5.56. The van der Waals surface area contributed by atoms with Gasteiger partial charge in [0.1, 0.15) is 6.29 Å². The summed E-state index contributed by atoms with van der Waals surface area (Å²) in [7, 11) is 0. The summed E-state index contributed by atoms with van der Waals surface area (Å²) in [5.74, 6) is -0.0829. The van der Waals surface area contributed by atoms with Crippen LogP contribution in [0.15, 0.2) is 103 Å².